The lowest BCUT2D eigenvalue weighted by Crippen LogP contribution is -2.55. The second-order valence-electron chi connectivity index (χ2n) is 5.23. The minimum atomic E-state index is 0.0457. The van der Waals surface area contributed by atoms with Gasteiger partial charge in [-0.05, 0) is 19.3 Å². The zero-order valence-electron chi connectivity index (χ0n) is 10.9. The van der Waals surface area contributed by atoms with Gasteiger partial charge in [0, 0.05) is 31.4 Å². The third-order valence-corrected chi connectivity index (χ3v) is 4.70. The van der Waals surface area contributed by atoms with Gasteiger partial charge in [0.2, 0.25) is 0 Å². The number of thiazole rings is 1. The first-order valence-corrected chi connectivity index (χ1v) is 7.76. The predicted molar refractivity (Wildman–Crippen MR) is 73.3 cm³/mol. The molecule has 0 bridgehead atoms. The summed E-state index contributed by atoms with van der Waals surface area (Å²) >= 11 is 1.59. The number of piperidine rings is 1. The van der Waals surface area contributed by atoms with Crippen molar-refractivity contribution in [1.29, 1.82) is 0 Å². The van der Waals surface area contributed by atoms with E-state index in [1.54, 1.807) is 11.3 Å². The van der Waals surface area contributed by atoms with E-state index in [1.807, 2.05) is 15.8 Å². The van der Waals surface area contributed by atoms with Gasteiger partial charge in [-0.15, -0.1) is 11.3 Å². The van der Waals surface area contributed by atoms with Crippen LogP contribution in [-0.2, 0) is 11.2 Å². The Morgan fingerprint density at radius 3 is 2.84 bits per heavy atom. The minimum Gasteiger partial charge on any atom is -0.375 e. The smallest absolute Gasteiger partial charge is 0.317 e. The van der Waals surface area contributed by atoms with Gasteiger partial charge >= 0.3 is 6.03 Å². The van der Waals surface area contributed by atoms with Crippen molar-refractivity contribution in [2.45, 2.75) is 31.3 Å². The minimum absolute atomic E-state index is 0.0457. The first kappa shape index (κ1) is 12.9. The normalized spacial score (nSPS) is 21.2. The van der Waals surface area contributed by atoms with Crippen LogP contribution in [0.2, 0.25) is 0 Å². The van der Waals surface area contributed by atoms with Gasteiger partial charge in [-0.1, -0.05) is 0 Å². The maximum absolute atomic E-state index is 12.0. The van der Waals surface area contributed by atoms with Crippen LogP contribution in [0.3, 0.4) is 0 Å². The predicted octanol–water partition coefficient (Wildman–Crippen LogP) is 1.65. The third-order valence-electron chi connectivity index (χ3n) is 4.07. The van der Waals surface area contributed by atoms with E-state index in [-0.39, 0.29) is 11.6 Å². The number of rotatable bonds is 3. The lowest BCUT2D eigenvalue weighted by Gasteiger charge is -2.47. The Bertz CT molecular complexity index is 421. The van der Waals surface area contributed by atoms with Crippen LogP contribution in [0.5, 0.6) is 0 Å². The summed E-state index contributed by atoms with van der Waals surface area (Å²) in [5.41, 5.74) is 2.97. The van der Waals surface area contributed by atoms with Crippen molar-refractivity contribution in [2.75, 3.05) is 26.2 Å². The van der Waals surface area contributed by atoms with Crippen LogP contribution in [-0.4, -0.2) is 47.8 Å². The van der Waals surface area contributed by atoms with Crippen LogP contribution in [0, 0.1) is 0 Å². The van der Waals surface area contributed by atoms with E-state index in [1.165, 1.54) is 0 Å². The van der Waals surface area contributed by atoms with E-state index in [9.17, 15) is 4.79 Å². The molecule has 1 spiro atoms. The van der Waals surface area contributed by atoms with E-state index in [0.717, 1.165) is 51.1 Å². The zero-order valence-corrected chi connectivity index (χ0v) is 11.7. The molecule has 0 unspecified atom stereocenters. The van der Waals surface area contributed by atoms with E-state index in [2.05, 4.69) is 10.3 Å². The van der Waals surface area contributed by atoms with Crippen molar-refractivity contribution in [3.8, 4) is 0 Å². The fraction of sp³-hybridized carbons (Fsp3) is 0.692. The van der Waals surface area contributed by atoms with Crippen LogP contribution >= 0.6 is 11.3 Å². The monoisotopic (exact) mass is 281 g/mol. The van der Waals surface area contributed by atoms with Gasteiger partial charge < -0.3 is 15.0 Å². The quantitative estimate of drug-likeness (QED) is 0.916. The Morgan fingerprint density at radius 2 is 2.26 bits per heavy atom. The first-order chi connectivity index (χ1) is 9.27. The van der Waals surface area contributed by atoms with Crippen molar-refractivity contribution in [1.82, 2.24) is 15.2 Å². The average Bonchev–Trinajstić information content (AvgIpc) is 2.90. The molecule has 1 N–H and O–H groups in total. The fourth-order valence-corrected chi connectivity index (χ4v) is 3.27. The molecule has 1 aromatic rings. The third kappa shape index (κ3) is 2.90. The standard InChI is InChI=1S/C13H19N3O2S/c17-12(14-5-1-11-9-19-10-15-11)16-6-2-13(3-7-16)4-8-18-13/h9-10H,1-8H2,(H,14,17). The van der Waals surface area contributed by atoms with Crippen molar-refractivity contribution in [3.05, 3.63) is 16.6 Å². The molecule has 2 fully saturated rings. The number of carbonyl (C=O) groups excluding carboxylic acids is 1. The Labute approximate surface area is 117 Å². The molecule has 5 nitrogen and oxygen atoms in total. The molecule has 2 aliphatic heterocycles. The summed E-state index contributed by atoms with van der Waals surface area (Å²) in [5, 5.41) is 4.98. The topological polar surface area (TPSA) is 54.5 Å². The van der Waals surface area contributed by atoms with Crippen LogP contribution in [0.25, 0.3) is 0 Å². The maximum Gasteiger partial charge on any atom is 0.317 e. The van der Waals surface area contributed by atoms with Crippen molar-refractivity contribution in [2.24, 2.45) is 0 Å². The second-order valence-corrected chi connectivity index (χ2v) is 5.95. The van der Waals surface area contributed by atoms with Crippen LogP contribution in [0.1, 0.15) is 25.0 Å². The molecule has 3 rings (SSSR count). The Hall–Kier alpha value is -1.14. The number of amides is 2. The molecule has 3 heterocycles. The highest BCUT2D eigenvalue weighted by atomic mass is 32.1. The molecule has 0 radical (unpaired) electrons. The van der Waals surface area contributed by atoms with Gasteiger partial charge in [0.25, 0.3) is 0 Å². The van der Waals surface area contributed by atoms with Gasteiger partial charge in [-0.2, -0.15) is 0 Å². The molecule has 2 saturated heterocycles. The van der Waals surface area contributed by atoms with Crippen LogP contribution < -0.4 is 5.32 Å². The number of likely N-dealkylation sites (tertiary alicyclic amines) is 1. The molecular weight excluding hydrogens is 262 g/mol. The van der Waals surface area contributed by atoms with Gasteiger partial charge in [0.15, 0.2) is 0 Å². The summed E-state index contributed by atoms with van der Waals surface area (Å²) in [4.78, 5) is 18.1. The molecule has 6 heteroatoms. The van der Waals surface area contributed by atoms with Crippen molar-refractivity contribution >= 4 is 17.4 Å². The Kier molecular flexibility index (Phi) is 3.70. The molecule has 2 amide bonds. The lowest BCUT2D eigenvalue weighted by molar-refractivity contribution is -0.169. The number of nitrogens with one attached hydrogen (secondary N) is 1. The highest BCUT2D eigenvalue weighted by Crippen LogP contribution is 2.36. The van der Waals surface area contributed by atoms with Crippen molar-refractivity contribution in [3.63, 3.8) is 0 Å². The van der Waals surface area contributed by atoms with Crippen LogP contribution in [0.4, 0.5) is 4.79 Å². The first-order valence-electron chi connectivity index (χ1n) is 6.81. The lowest BCUT2D eigenvalue weighted by atomic mass is 9.84. The number of ether oxygens (including phenoxy) is 1. The SMILES string of the molecule is O=C(NCCc1cscn1)N1CCC2(CCO2)CC1. The summed E-state index contributed by atoms with van der Waals surface area (Å²) in [6.07, 6.45) is 3.92. The highest BCUT2D eigenvalue weighted by Gasteiger charge is 2.41. The summed E-state index contributed by atoms with van der Waals surface area (Å²) in [5.74, 6) is 0. The number of hydrogen-bond acceptors (Lipinski definition) is 4. The largest absolute Gasteiger partial charge is 0.375 e. The van der Waals surface area contributed by atoms with E-state index >= 15 is 0 Å². The van der Waals surface area contributed by atoms with E-state index in [4.69, 9.17) is 4.74 Å². The van der Waals surface area contributed by atoms with Crippen LogP contribution in [0.15, 0.2) is 10.9 Å². The van der Waals surface area contributed by atoms with E-state index in [0.29, 0.717) is 6.54 Å². The summed E-state index contributed by atoms with van der Waals surface area (Å²) in [7, 11) is 0. The molecule has 0 atom stereocenters. The Morgan fingerprint density at radius 1 is 1.47 bits per heavy atom. The molecule has 19 heavy (non-hydrogen) atoms. The number of aromatic nitrogens is 1. The molecule has 0 aliphatic carbocycles. The molecule has 1 aromatic heterocycles. The number of carbonyl (C=O) groups is 1. The Balaban J connectivity index is 1.39. The number of hydrogen-bond donors (Lipinski definition) is 1. The zero-order chi connectivity index (χ0) is 13.1. The molecule has 0 aromatic carbocycles. The molecular formula is C13H19N3O2S. The molecule has 2 aliphatic rings. The van der Waals surface area contributed by atoms with E-state index < -0.39 is 0 Å². The van der Waals surface area contributed by atoms with Gasteiger partial charge in [0.05, 0.1) is 23.4 Å². The highest BCUT2D eigenvalue weighted by molar-refractivity contribution is 7.07. The van der Waals surface area contributed by atoms with Gasteiger partial charge in [-0.25, -0.2) is 9.78 Å². The second kappa shape index (κ2) is 5.46. The molecule has 0 saturated carbocycles. The number of nitrogens with zero attached hydrogens (tertiary/aromatic N) is 2. The van der Waals surface area contributed by atoms with Gasteiger partial charge in [0.1, 0.15) is 0 Å². The number of urea groups is 1. The van der Waals surface area contributed by atoms with Crippen molar-refractivity contribution < 1.29 is 9.53 Å². The molecule has 104 valence electrons. The maximum atomic E-state index is 12.0. The summed E-state index contributed by atoms with van der Waals surface area (Å²) in [6, 6.07) is 0.0457. The average molecular weight is 281 g/mol. The summed E-state index contributed by atoms with van der Waals surface area (Å²) < 4.78 is 5.65. The van der Waals surface area contributed by atoms with Gasteiger partial charge in [-0.3, -0.25) is 0 Å². The summed E-state index contributed by atoms with van der Waals surface area (Å²) in [6.45, 7) is 3.16. The fourth-order valence-electron chi connectivity index (χ4n) is 2.67.